The first-order chi connectivity index (χ1) is 9.65. The molecular weight excluding hydrogens is 258 g/mol. The van der Waals surface area contributed by atoms with E-state index in [2.05, 4.69) is 10.6 Å². The maximum Gasteiger partial charge on any atom is 0.258 e. The minimum absolute atomic E-state index is 0.0334. The zero-order valence-electron chi connectivity index (χ0n) is 11.6. The fourth-order valence-corrected chi connectivity index (χ4v) is 1.43. The van der Waals surface area contributed by atoms with Crippen molar-refractivity contribution >= 4 is 11.8 Å². The van der Waals surface area contributed by atoms with Crippen LogP contribution in [0.2, 0.25) is 0 Å². The Morgan fingerprint density at radius 2 is 1.85 bits per heavy atom. The predicted molar refractivity (Wildman–Crippen MR) is 76.1 cm³/mol. The van der Waals surface area contributed by atoms with Crippen molar-refractivity contribution in [1.29, 1.82) is 0 Å². The molecule has 0 unspecified atom stereocenters. The van der Waals surface area contributed by atoms with Gasteiger partial charge in [0, 0.05) is 13.1 Å². The Morgan fingerprint density at radius 1 is 1.15 bits per heavy atom. The van der Waals surface area contributed by atoms with Crippen LogP contribution in [-0.2, 0) is 16.1 Å². The Balaban J connectivity index is 2.23. The quantitative estimate of drug-likeness (QED) is 0.632. The molecular formula is C14H21N3O3. The Labute approximate surface area is 118 Å². The molecule has 0 heterocycles. The lowest BCUT2D eigenvalue weighted by atomic mass is 10.2. The molecule has 0 aromatic heterocycles. The molecule has 110 valence electrons. The number of ether oxygens (including phenoxy) is 1. The number of nitrogens with one attached hydrogen (secondary N) is 2. The van der Waals surface area contributed by atoms with Crippen LogP contribution >= 0.6 is 0 Å². The Kier molecular flexibility index (Phi) is 7.13. The maximum absolute atomic E-state index is 11.5. The standard InChI is InChI=1S/C14H21N3O3/c1-2-7-16-13(18)9-17-14(19)10-20-12-5-3-11(8-15)4-6-12/h3-6H,2,7-10,15H2,1H3,(H,16,18)(H,17,19). The van der Waals surface area contributed by atoms with Crippen molar-refractivity contribution in [2.75, 3.05) is 19.7 Å². The van der Waals surface area contributed by atoms with Gasteiger partial charge in [-0.2, -0.15) is 0 Å². The fourth-order valence-electron chi connectivity index (χ4n) is 1.43. The summed E-state index contributed by atoms with van der Waals surface area (Å²) in [5.74, 6) is 0.0554. The molecule has 0 bridgehead atoms. The average molecular weight is 279 g/mol. The first-order valence-electron chi connectivity index (χ1n) is 6.61. The molecule has 0 spiro atoms. The molecule has 0 aliphatic carbocycles. The highest BCUT2D eigenvalue weighted by Crippen LogP contribution is 2.11. The molecule has 0 radical (unpaired) electrons. The predicted octanol–water partition coefficient (Wildman–Crippen LogP) is 0.167. The van der Waals surface area contributed by atoms with Crippen LogP contribution in [0.4, 0.5) is 0 Å². The van der Waals surface area contributed by atoms with E-state index in [4.69, 9.17) is 10.5 Å². The molecule has 0 aliphatic rings. The van der Waals surface area contributed by atoms with Crippen LogP contribution in [0.25, 0.3) is 0 Å². The Bertz CT molecular complexity index is 432. The van der Waals surface area contributed by atoms with Crippen LogP contribution in [0.5, 0.6) is 5.75 Å². The maximum atomic E-state index is 11.5. The number of hydrogen-bond acceptors (Lipinski definition) is 4. The largest absolute Gasteiger partial charge is 0.484 e. The van der Waals surface area contributed by atoms with Gasteiger partial charge in [-0.1, -0.05) is 19.1 Å². The van der Waals surface area contributed by atoms with E-state index in [1.165, 1.54) is 0 Å². The molecule has 0 atom stereocenters. The first-order valence-corrected chi connectivity index (χ1v) is 6.61. The molecule has 6 heteroatoms. The van der Waals surface area contributed by atoms with Gasteiger partial charge in [0.1, 0.15) is 5.75 Å². The van der Waals surface area contributed by atoms with E-state index in [1.807, 2.05) is 19.1 Å². The molecule has 0 saturated heterocycles. The van der Waals surface area contributed by atoms with Crippen LogP contribution in [0, 0.1) is 0 Å². The third-order valence-corrected chi connectivity index (χ3v) is 2.55. The minimum Gasteiger partial charge on any atom is -0.484 e. The molecule has 0 aliphatic heterocycles. The molecule has 0 saturated carbocycles. The van der Waals surface area contributed by atoms with E-state index in [1.54, 1.807) is 12.1 Å². The van der Waals surface area contributed by atoms with Gasteiger partial charge in [-0.25, -0.2) is 0 Å². The van der Waals surface area contributed by atoms with Crippen molar-refractivity contribution in [2.45, 2.75) is 19.9 Å². The Morgan fingerprint density at radius 3 is 2.45 bits per heavy atom. The summed E-state index contributed by atoms with van der Waals surface area (Å²) in [6, 6.07) is 7.18. The van der Waals surface area contributed by atoms with Crippen LogP contribution < -0.4 is 21.1 Å². The fraction of sp³-hybridized carbons (Fsp3) is 0.429. The summed E-state index contributed by atoms with van der Waals surface area (Å²) in [6.45, 7) is 2.88. The highest BCUT2D eigenvalue weighted by molar-refractivity contribution is 5.85. The van der Waals surface area contributed by atoms with E-state index >= 15 is 0 Å². The molecule has 6 nitrogen and oxygen atoms in total. The summed E-state index contributed by atoms with van der Waals surface area (Å²) in [5.41, 5.74) is 6.48. The van der Waals surface area contributed by atoms with Crippen molar-refractivity contribution in [3.05, 3.63) is 29.8 Å². The molecule has 1 aromatic carbocycles. The lowest BCUT2D eigenvalue weighted by Gasteiger charge is -2.08. The molecule has 1 rings (SSSR count). The average Bonchev–Trinajstić information content (AvgIpc) is 2.49. The van der Waals surface area contributed by atoms with Crippen molar-refractivity contribution in [2.24, 2.45) is 5.73 Å². The van der Waals surface area contributed by atoms with Crippen LogP contribution in [0.3, 0.4) is 0 Å². The highest BCUT2D eigenvalue weighted by Gasteiger charge is 2.05. The number of nitrogens with two attached hydrogens (primary N) is 1. The molecule has 0 fully saturated rings. The van der Waals surface area contributed by atoms with Gasteiger partial charge < -0.3 is 21.1 Å². The summed E-state index contributed by atoms with van der Waals surface area (Å²) in [6.07, 6.45) is 0.863. The van der Waals surface area contributed by atoms with E-state index in [-0.39, 0.29) is 25.0 Å². The second kappa shape index (κ2) is 8.92. The lowest BCUT2D eigenvalue weighted by molar-refractivity contribution is -0.127. The normalized spacial score (nSPS) is 9.90. The zero-order chi connectivity index (χ0) is 14.8. The van der Waals surface area contributed by atoms with Crippen molar-refractivity contribution in [3.63, 3.8) is 0 Å². The summed E-state index contributed by atoms with van der Waals surface area (Å²) in [5, 5.41) is 5.16. The number of carbonyl (C=O) groups excluding carboxylic acids is 2. The summed E-state index contributed by atoms with van der Waals surface area (Å²) < 4.78 is 5.30. The smallest absolute Gasteiger partial charge is 0.258 e. The minimum atomic E-state index is -0.334. The van der Waals surface area contributed by atoms with Crippen molar-refractivity contribution in [1.82, 2.24) is 10.6 Å². The van der Waals surface area contributed by atoms with Crippen LogP contribution in [-0.4, -0.2) is 31.5 Å². The van der Waals surface area contributed by atoms with Gasteiger partial charge >= 0.3 is 0 Å². The van der Waals surface area contributed by atoms with Crippen LogP contribution in [0.15, 0.2) is 24.3 Å². The summed E-state index contributed by atoms with van der Waals surface area (Å²) >= 11 is 0. The second-order valence-corrected chi connectivity index (χ2v) is 4.26. The van der Waals surface area contributed by atoms with E-state index in [0.29, 0.717) is 18.8 Å². The number of carbonyl (C=O) groups is 2. The zero-order valence-corrected chi connectivity index (χ0v) is 11.6. The first kappa shape index (κ1) is 16.0. The molecule has 4 N–H and O–H groups in total. The van der Waals surface area contributed by atoms with Gasteiger partial charge in [-0.3, -0.25) is 9.59 Å². The second-order valence-electron chi connectivity index (χ2n) is 4.26. The van der Waals surface area contributed by atoms with E-state index in [9.17, 15) is 9.59 Å². The van der Waals surface area contributed by atoms with Crippen molar-refractivity contribution in [3.8, 4) is 5.75 Å². The SMILES string of the molecule is CCCNC(=O)CNC(=O)COc1ccc(CN)cc1. The van der Waals surface area contributed by atoms with Gasteiger partial charge in [0.05, 0.1) is 6.54 Å². The highest BCUT2D eigenvalue weighted by atomic mass is 16.5. The van der Waals surface area contributed by atoms with Gasteiger partial charge in [0.2, 0.25) is 5.91 Å². The number of benzene rings is 1. The number of hydrogen-bond donors (Lipinski definition) is 3. The topological polar surface area (TPSA) is 93.5 Å². The molecule has 1 aromatic rings. The van der Waals surface area contributed by atoms with Crippen molar-refractivity contribution < 1.29 is 14.3 Å². The van der Waals surface area contributed by atoms with Gasteiger partial charge in [0.25, 0.3) is 5.91 Å². The van der Waals surface area contributed by atoms with Gasteiger partial charge in [-0.15, -0.1) is 0 Å². The van der Waals surface area contributed by atoms with Gasteiger partial charge in [0.15, 0.2) is 6.61 Å². The van der Waals surface area contributed by atoms with Crippen LogP contribution in [0.1, 0.15) is 18.9 Å². The third kappa shape index (κ3) is 6.19. The number of amides is 2. The monoisotopic (exact) mass is 279 g/mol. The van der Waals surface area contributed by atoms with E-state index < -0.39 is 0 Å². The summed E-state index contributed by atoms with van der Waals surface area (Å²) in [4.78, 5) is 22.8. The number of rotatable bonds is 8. The third-order valence-electron chi connectivity index (χ3n) is 2.55. The molecule has 2 amide bonds. The van der Waals surface area contributed by atoms with E-state index in [0.717, 1.165) is 12.0 Å². The Hall–Kier alpha value is -2.08. The lowest BCUT2D eigenvalue weighted by Crippen LogP contribution is -2.39. The summed E-state index contributed by atoms with van der Waals surface area (Å²) in [7, 11) is 0. The molecule has 20 heavy (non-hydrogen) atoms. The van der Waals surface area contributed by atoms with Gasteiger partial charge in [-0.05, 0) is 24.1 Å².